The average molecular weight is 456 g/mol. The van der Waals surface area contributed by atoms with Crippen LogP contribution < -0.4 is 17.2 Å². The Bertz CT molecular complexity index is 877. The number of carbonyl (C=O) groups excluding carboxylic acids is 4. The number of benzene rings is 1. The molecule has 1 unspecified atom stereocenters. The maximum absolute atomic E-state index is 13.3. The lowest BCUT2D eigenvalue weighted by Gasteiger charge is -2.49. The molecule has 0 saturated carbocycles. The molecule has 170 valence electrons. The first-order valence-corrected chi connectivity index (χ1v) is 9.24. The molecule has 7 N–H and O–H groups in total. The molecule has 1 aliphatic rings. The molecule has 2 rings (SSSR count). The molecule has 0 aromatic heterocycles. The van der Waals surface area contributed by atoms with Gasteiger partial charge in [0.05, 0.1) is 6.54 Å². The van der Waals surface area contributed by atoms with E-state index >= 15 is 0 Å². The number of carbonyl (C=O) groups is 5. The second kappa shape index (κ2) is 10.3. The Morgan fingerprint density at radius 3 is 2.19 bits per heavy atom. The Balaban J connectivity index is 0.00000480. The lowest BCUT2D eigenvalue weighted by Crippen LogP contribution is -2.76. The van der Waals surface area contributed by atoms with Crippen molar-refractivity contribution in [1.82, 2.24) is 9.80 Å². The second-order valence-electron chi connectivity index (χ2n) is 7.11. The van der Waals surface area contributed by atoms with Crippen LogP contribution in [0.5, 0.6) is 0 Å². The van der Waals surface area contributed by atoms with Crippen molar-refractivity contribution >= 4 is 41.9 Å². The molecule has 3 amide bonds. The number of ketones is 1. The van der Waals surface area contributed by atoms with Crippen LogP contribution in [0.1, 0.15) is 22.8 Å². The van der Waals surface area contributed by atoms with Crippen molar-refractivity contribution in [3.8, 4) is 0 Å². The van der Waals surface area contributed by atoms with Gasteiger partial charge < -0.3 is 32.1 Å². The summed E-state index contributed by atoms with van der Waals surface area (Å²) >= 11 is 0. The number of nitrogens with zero attached hydrogens (tertiary/aromatic N) is 2. The average Bonchev–Trinajstić information content (AvgIpc) is 2.70. The first-order valence-electron chi connectivity index (χ1n) is 9.24. The van der Waals surface area contributed by atoms with E-state index in [0.717, 1.165) is 22.3 Å². The van der Waals surface area contributed by atoms with E-state index in [1.807, 2.05) is 0 Å². The third-order valence-corrected chi connectivity index (χ3v) is 5.12. The molecule has 1 aromatic rings. The number of aliphatic carboxylic acids is 1. The van der Waals surface area contributed by atoms with Crippen molar-refractivity contribution < 1.29 is 29.1 Å². The lowest BCUT2D eigenvalue weighted by atomic mass is 9.88. The number of carboxylic acid groups (broad SMARTS) is 1. The van der Waals surface area contributed by atoms with Crippen molar-refractivity contribution in [1.29, 1.82) is 0 Å². The van der Waals surface area contributed by atoms with Crippen LogP contribution in [-0.4, -0.2) is 82.1 Å². The molecule has 1 fully saturated rings. The van der Waals surface area contributed by atoms with Crippen molar-refractivity contribution in [3.05, 3.63) is 35.4 Å². The van der Waals surface area contributed by atoms with Crippen molar-refractivity contribution in [2.24, 2.45) is 17.2 Å². The minimum Gasteiger partial charge on any atom is -0.480 e. The monoisotopic (exact) mass is 455 g/mol. The summed E-state index contributed by atoms with van der Waals surface area (Å²) in [6, 6.07) is 4.99. The van der Waals surface area contributed by atoms with Crippen molar-refractivity contribution in [2.75, 3.05) is 26.2 Å². The minimum atomic E-state index is -2.27. The van der Waals surface area contributed by atoms with Gasteiger partial charge in [-0.05, 0) is 37.6 Å². The van der Waals surface area contributed by atoms with Gasteiger partial charge in [0.1, 0.15) is 12.6 Å². The second-order valence-corrected chi connectivity index (χ2v) is 7.11. The SMILES string of the molecule is C[C@]1(C(N)=O)C(=O)N(CC(=O)O)CC(C(=O)CN)N1C(=O)c1ccc(CCN)cc1.Cl. The quantitative estimate of drug-likeness (QED) is 0.327. The Kier molecular flexibility index (Phi) is 8.67. The fourth-order valence-corrected chi connectivity index (χ4v) is 3.47. The molecule has 0 radical (unpaired) electrons. The molecule has 31 heavy (non-hydrogen) atoms. The highest BCUT2D eigenvalue weighted by Crippen LogP contribution is 2.29. The maximum atomic E-state index is 13.3. The standard InChI is InChI=1S/C19H25N5O6.ClH/c1-19(17(22)29)18(30)23(10-15(26)27)9-13(14(25)8-21)24(19)16(28)12-4-2-11(3-5-12)6-7-20;/h2-5,13H,6-10,20-21H2,1H3,(H2,22,29)(H,26,27);1H/t13?,19-;/m0./s1. The highest BCUT2D eigenvalue weighted by atomic mass is 35.5. The number of Topliss-reactive ketones (excluding diaryl/α,β-unsaturated/α-hetero) is 1. The Hall–Kier alpha value is -3.02. The van der Waals surface area contributed by atoms with Gasteiger partial charge in [-0.3, -0.25) is 24.0 Å². The fourth-order valence-electron chi connectivity index (χ4n) is 3.47. The van der Waals surface area contributed by atoms with E-state index in [1.165, 1.54) is 12.1 Å². The van der Waals surface area contributed by atoms with Crippen LogP contribution in [0.25, 0.3) is 0 Å². The van der Waals surface area contributed by atoms with Crippen LogP contribution in [0, 0.1) is 0 Å². The van der Waals surface area contributed by atoms with Crippen LogP contribution in [0.2, 0.25) is 0 Å². The Morgan fingerprint density at radius 2 is 1.74 bits per heavy atom. The first-order chi connectivity index (χ1) is 14.1. The van der Waals surface area contributed by atoms with E-state index in [4.69, 9.17) is 22.3 Å². The third-order valence-electron chi connectivity index (χ3n) is 5.12. The third kappa shape index (κ3) is 5.01. The van der Waals surface area contributed by atoms with E-state index < -0.39 is 60.7 Å². The highest BCUT2D eigenvalue weighted by Gasteiger charge is 2.57. The van der Waals surface area contributed by atoms with Crippen LogP contribution in [0.3, 0.4) is 0 Å². The molecule has 1 aliphatic heterocycles. The summed E-state index contributed by atoms with van der Waals surface area (Å²) in [5, 5.41) is 9.09. The number of carboxylic acids is 1. The van der Waals surface area contributed by atoms with Gasteiger partial charge >= 0.3 is 5.97 Å². The van der Waals surface area contributed by atoms with Crippen molar-refractivity contribution in [2.45, 2.75) is 24.9 Å². The molecule has 0 spiro atoms. The molecule has 1 aromatic carbocycles. The zero-order chi connectivity index (χ0) is 22.6. The minimum absolute atomic E-state index is 0. The lowest BCUT2D eigenvalue weighted by molar-refractivity contribution is -0.163. The van der Waals surface area contributed by atoms with Gasteiger partial charge in [0.2, 0.25) is 0 Å². The summed E-state index contributed by atoms with van der Waals surface area (Å²) in [4.78, 5) is 63.9. The van der Waals surface area contributed by atoms with Crippen LogP contribution >= 0.6 is 12.4 Å². The van der Waals surface area contributed by atoms with E-state index in [1.54, 1.807) is 12.1 Å². The topological polar surface area (TPSA) is 190 Å². The molecule has 0 bridgehead atoms. The number of halogens is 1. The van der Waals surface area contributed by atoms with Gasteiger partial charge in [-0.25, -0.2) is 0 Å². The Morgan fingerprint density at radius 1 is 1.16 bits per heavy atom. The van der Waals surface area contributed by atoms with E-state index in [2.05, 4.69) is 0 Å². The zero-order valence-electron chi connectivity index (χ0n) is 16.9. The number of amides is 3. The number of piperazine rings is 1. The van der Waals surface area contributed by atoms with E-state index in [-0.39, 0.29) is 18.0 Å². The van der Waals surface area contributed by atoms with Gasteiger partial charge in [-0.2, -0.15) is 0 Å². The number of rotatable bonds is 8. The molecule has 1 heterocycles. The summed E-state index contributed by atoms with van der Waals surface area (Å²) in [5.41, 5.74) is 15.2. The first kappa shape index (κ1) is 26.0. The summed E-state index contributed by atoms with van der Waals surface area (Å²) in [7, 11) is 0. The van der Waals surface area contributed by atoms with Crippen LogP contribution in [0.15, 0.2) is 24.3 Å². The number of nitrogens with two attached hydrogens (primary N) is 3. The fraction of sp³-hybridized carbons (Fsp3) is 0.421. The van der Waals surface area contributed by atoms with Crippen LogP contribution in [0.4, 0.5) is 0 Å². The van der Waals surface area contributed by atoms with Gasteiger partial charge in [-0.1, -0.05) is 12.1 Å². The molecule has 12 heteroatoms. The number of hydrogen-bond acceptors (Lipinski definition) is 7. The van der Waals surface area contributed by atoms with Gasteiger partial charge in [0.15, 0.2) is 11.3 Å². The molecular weight excluding hydrogens is 430 g/mol. The van der Waals surface area contributed by atoms with Crippen LogP contribution in [-0.2, 0) is 25.6 Å². The van der Waals surface area contributed by atoms with Crippen molar-refractivity contribution in [3.63, 3.8) is 0 Å². The maximum Gasteiger partial charge on any atom is 0.323 e. The largest absolute Gasteiger partial charge is 0.480 e. The zero-order valence-corrected chi connectivity index (χ0v) is 17.8. The molecule has 11 nitrogen and oxygen atoms in total. The van der Waals surface area contributed by atoms with E-state index in [0.29, 0.717) is 13.0 Å². The normalized spacial score (nSPS) is 20.7. The number of hydrogen-bond donors (Lipinski definition) is 4. The van der Waals surface area contributed by atoms with Gasteiger partial charge in [0, 0.05) is 12.1 Å². The summed E-state index contributed by atoms with van der Waals surface area (Å²) < 4.78 is 0. The molecule has 0 aliphatic carbocycles. The smallest absolute Gasteiger partial charge is 0.323 e. The molecule has 2 atom stereocenters. The summed E-state index contributed by atoms with van der Waals surface area (Å²) in [6.45, 7) is -0.135. The van der Waals surface area contributed by atoms with E-state index in [9.17, 15) is 24.0 Å². The molecule has 1 saturated heterocycles. The number of primary amides is 1. The predicted molar refractivity (Wildman–Crippen MR) is 112 cm³/mol. The predicted octanol–water partition coefficient (Wildman–Crippen LogP) is -1.88. The summed E-state index contributed by atoms with van der Waals surface area (Å²) in [5.74, 6) is -4.93. The molecular formula is C19H26ClN5O6. The van der Waals surface area contributed by atoms with Gasteiger partial charge in [0.25, 0.3) is 17.7 Å². The highest BCUT2D eigenvalue weighted by molar-refractivity contribution is 6.15. The summed E-state index contributed by atoms with van der Waals surface area (Å²) in [6.07, 6.45) is 0.591. The Labute approximate surface area is 184 Å². The van der Waals surface area contributed by atoms with Gasteiger partial charge in [-0.15, -0.1) is 12.4 Å².